The zero-order chi connectivity index (χ0) is 21.3. The number of ether oxygens (including phenoxy) is 1. The van der Waals surface area contributed by atoms with Crippen LogP contribution in [0.1, 0.15) is 20.8 Å². The smallest absolute Gasteiger partial charge is 0.414 e. The van der Waals surface area contributed by atoms with Crippen LogP contribution in [0, 0.1) is 11.7 Å². The van der Waals surface area contributed by atoms with Crippen LogP contribution in [0.5, 0.6) is 0 Å². The molecule has 2 N–H and O–H groups in total. The van der Waals surface area contributed by atoms with Crippen LogP contribution in [-0.2, 0) is 14.3 Å². The summed E-state index contributed by atoms with van der Waals surface area (Å²) in [5.74, 6) is -1.23. The maximum absolute atomic E-state index is 14.8. The Bertz CT molecular complexity index is 820. The minimum Gasteiger partial charge on any atom is -0.442 e. The highest BCUT2D eigenvalue weighted by molar-refractivity contribution is 5.90. The highest BCUT2D eigenvalue weighted by Crippen LogP contribution is 2.32. The summed E-state index contributed by atoms with van der Waals surface area (Å²) in [6.07, 6.45) is -1.10. The number of nitrogens with one attached hydrogen (secondary N) is 1. The van der Waals surface area contributed by atoms with Crippen LogP contribution in [-0.4, -0.2) is 66.5 Å². The average molecular weight is 408 g/mol. The molecule has 1 aromatic carbocycles. The summed E-state index contributed by atoms with van der Waals surface area (Å²) in [4.78, 5) is 37.6. The van der Waals surface area contributed by atoms with Gasteiger partial charge in [0.1, 0.15) is 11.9 Å². The number of hydrogen-bond acceptors (Lipinski definition) is 6. The van der Waals surface area contributed by atoms with Gasteiger partial charge in [-0.15, -0.1) is 0 Å². The molecular weight excluding hydrogens is 383 g/mol. The van der Waals surface area contributed by atoms with Crippen LogP contribution in [0.3, 0.4) is 0 Å². The summed E-state index contributed by atoms with van der Waals surface area (Å²) >= 11 is 0. The van der Waals surface area contributed by atoms with Crippen molar-refractivity contribution in [2.24, 2.45) is 5.92 Å². The maximum Gasteiger partial charge on any atom is 0.414 e. The molecule has 0 spiro atoms. The fourth-order valence-electron chi connectivity index (χ4n) is 3.71. The third-order valence-corrected chi connectivity index (χ3v) is 5.25. The van der Waals surface area contributed by atoms with Crippen molar-refractivity contribution in [1.29, 1.82) is 0 Å². The SMILES string of the molecule is CC(=O)NC[C@H]1CN(c2ccc(N3C[C@@H](C)[C@@H](N(O)C(C)=O)C3)c(F)c2)C(=O)O1. The van der Waals surface area contributed by atoms with E-state index >= 15 is 0 Å². The van der Waals surface area contributed by atoms with E-state index in [2.05, 4.69) is 5.32 Å². The molecule has 0 saturated carbocycles. The van der Waals surface area contributed by atoms with Gasteiger partial charge in [0.05, 0.1) is 30.5 Å². The summed E-state index contributed by atoms with van der Waals surface area (Å²) < 4.78 is 20.0. The molecule has 2 heterocycles. The number of cyclic esters (lactones) is 1. The van der Waals surface area contributed by atoms with Crippen molar-refractivity contribution < 1.29 is 28.7 Å². The third kappa shape index (κ3) is 4.42. The molecule has 10 heteroatoms. The number of hydrogen-bond donors (Lipinski definition) is 2. The second-order valence-electron chi connectivity index (χ2n) is 7.50. The minimum atomic E-state index is -0.597. The number of benzene rings is 1. The number of halogens is 1. The lowest BCUT2D eigenvalue weighted by atomic mass is 10.1. The molecule has 3 rings (SSSR count). The molecule has 2 aliphatic heterocycles. The Morgan fingerprint density at radius 1 is 1.31 bits per heavy atom. The van der Waals surface area contributed by atoms with Gasteiger partial charge < -0.3 is 15.0 Å². The first kappa shape index (κ1) is 20.8. The fourth-order valence-corrected chi connectivity index (χ4v) is 3.71. The number of anilines is 2. The molecule has 1 aromatic rings. The molecule has 2 aliphatic rings. The van der Waals surface area contributed by atoms with E-state index in [-0.39, 0.29) is 24.9 Å². The Morgan fingerprint density at radius 2 is 2.03 bits per heavy atom. The average Bonchev–Trinajstić information content (AvgIpc) is 3.21. The molecule has 0 radical (unpaired) electrons. The maximum atomic E-state index is 14.8. The molecular formula is C19H25FN4O5. The van der Waals surface area contributed by atoms with Crippen LogP contribution >= 0.6 is 0 Å². The second kappa shape index (κ2) is 8.24. The largest absolute Gasteiger partial charge is 0.442 e. The van der Waals surface area contributed by atoms with Crippen molar-refractivity contribution in [3.63, 3.8) is 0 Å². The number of rotatable bonds is 5. The van der Waals surface area contributed by atoms with Gasteiger partial charge >= 0.3 is 6.09 Å². The van der Waals surface area contributed by atoms with Crippen molar-refractivity contribution in [3.8, 4) is 0 Å². The first-order chi connectivity index (χ1) is 13.7. The standard InChI is InChI=1S/C19H25FN4O5/c1-11-8-22(10-18(11)24(28)13(3)26)17-5-4-14(6-16(17)20)23-9-15(29-19(23)27)7-21-12(2)25/h4-6,11,15,18,28H,7-10H2,1-3H3,(H,21,25)/t11-,15+,18+/m1/s1. The highest BCUT2D eigenvalue weighted by atomic mass is 19.1. The van der Waals surface area contributed by atoms with Gasteiger partial charge in [-0.3, -0.25) is 19.7 Å². The molecule has 0 unspecified atom stereocenters. The summed E-state index contributed by atoms with van der Waals surface area (Å²) in [6.45, 7) is 5.72. The van der Waals surface area contributed by atoms with E-state index in [1.54, 1.807) is 17.0 Å². The van der Waals surface area contributed by atoms with E-state index in [0.29, 0.717) is 29.5 Å². The van der Waals surface area contributed by atoms with Crippen LogP contribution in [0.2, 0.25) is 0 Å². The van der Waals surface area contributed by atoms with E-state index in [0.717, 1.165) is 0 Å². The lowest BCUT2D eigenvalue weighted by Crippen LogP contribution is -2.40. The Balaban J connectivity index is 1.70. The minimum absolute atomic E-state index is 0.0360. The van der Waals surface area contributed by atoms with E-state index in [1.807, 2.05) is 6.92 Å². The lowest BCUT2D eigenvalue weighted by Gasteiger charge is -2.24. The molecule has 158 valence electrons. The topological polar surface area (TPSA) is 102 Å². The number of carbonyl (C=O) groups is 3. The number of carbonyl (C=O) groups excluding carboxylic acids is 3. The predicted molar refractivity (Wildman–Crippen MR) is 102 cm³/mol. The zero-order valence-corrected chi connectivity index (χ0v) is 16.6. The van der Waals surface area contributed by atoms with Crippen LogP contribution in [0.4, 0.5) is 20.6 Å². The zero-order valence-electron chi connectivity index (χ0n) is 16.6. The van der Waals surface area contributed by atoms with Gasteiger partial charge in [-0.05, 0) is 24.1 Å². The van der Waals surface area contributed by atoms with Crippen molar-refractivity contribution >= 4 is 29.3 Å². The summed E-state index contributed by atoms with van der Waals surface area (Å²) in [7, 11) is 0. The van der Waals surface area contributed by atoms with Crippen molar-refractivity contribution in [2.75, 3.05) is 36.0 Å². The predicted octanol–water partition coefficient (Wildman–Crippen LogP) is 1.35. The van der Waals surface area contributed by atoms with Gasteiger partial charge in [0.25, 0.3) is 0 Å². The molecule has 2 fully saturated rings. The van der Waals surface area contributed by atoms with Gasteiger partial charge in [0.15, 0.2) is 0 Å². The first-order valence-electron chi connectivity index (χ1n) is 9.43. The Hall–Kier alpha value is -2.88. The lowest BCUT2D eigenvalue weighted by molar-refractivity contribution is -0.174. The Kier molecular flexibility index (Phi) is 5.92. The second-order valence-corrected chi connectivity index (χ2v) is 7.50. The molecule has 3 atom stereocenters. The van der Waals surface area contributed by atoms with Gasteiger partial charge in [-0.25, -0.2) is 14.2 Å². The van der Waals surface area contributed by atoms with Gasteiger partial charge in [-0.1, -0.05) is 6.92 Å². The van der Waals surface area contributed by atoms with Gasteiger partial charge in [-0.2, -0.15) is 0 Å². The van der Waals surface area contributed by atoms with E-state index in [4.69, 9.17) is 4.74 Å². The number of amides is 3. The first-order valence-corrected chi connectivity index (χ1v) is 9.43. The molecule has 9 nitrogen and oxygen atoms in total. The van der Waals surface area contributed by atoms with Crippen LogP contribution in [0.25, 0.3) is 0 Å². The van der Waals surface area contributed by atoms with Crippen molar-refractivity contribution in [1.82, 2.24) is 10.4 Å². The summed E-state index contributed by atoms with van der Waals surface area (Å²) in [5.41, 5.74) is 0.695. The number of hydroxylamine groups is 2. The Labute approximate surface area is 168 Å². The molecule has 2 saturated heterocycles. The molecule has 0 bridgehead atoms. The quantitative estimate of drug-likeness (QED) is 0.563. The summed E-state index contributed by atoms with van der Waals surface area (Å²) in [6, 6.07) is 4.04. The van der Waals surface area contributed by atoms with Crippen LogP contribution in [0.15, 0.2) is 18.2 Å². The van der Waals surface area contributed by atoms with Crippen molar-refractivity contribution in [2.45, 2.75) is 32.9 Å². The molecule has 29 heavy (non-hydrogen) atoms. The van der Waals surface area contributed by atoms with Gasteiger partial charge in [0, 0.05) is 26.9 Å². The van der Waals surface area contributed by atoms with Gasteiger partial charge in [0.2, 0.25) is 11.8 Å². The van der Waals surface area contributed by atoms with Crippen molar-refractivity contribution in [3.05, 3.63) is 24.0 Å². The molecule has 0 aromatic heterocycles. The fraction of sp³-hybridized carbons (Fsp3) is 0.526. The number of nitrogens with zero attached hydrogens (tertiary/aromatic N) is 3. The van der Waals surface area contributed by atoms with Crippen LogP contribution < -0.4 is 15.1 Å². The monoisotopic (exact) mass is 408 g/mol. The summed E-state index contributed by atoms with van der Waals surface area (Å²) in [5, 5.41) is 13.2. The third-order valence-electron chi connectivity index (χ3n) is 5.25. The van der Waals surface area contributed by atoms with E-state index < -0.39 is 30.0 Å². The molecule has 0 aliphatic carbocycles. The van der Waals surface area contributed by atoms with E-state index in [9.17, 15) is 24.0 Å². The highest BCUT2D eigenvalue weighted by Gasteiger charge is 2.37. The Morgan fingerprint density at radius 3 is 2.66 bits per heavy atom. The molecule has 3 amide bonds. The normalized spacial score (nSPS) is 23.9. The van der Waals surface area contributed by atoms with E-state index in [1.165, 1.54) is 24.8 Å².